The molecule has 0 bridgehead atoms. The zero-order valence-electron chi connectivity index (χ0n) is 10.4. The molecule has 1 heterocycles. The van der Waals surface area contributed by atoms with Gasteiger partial charge in [-0.05, 0) is 18.6 Å². The molecule has 1 unspecified atom stereocenters. The number of nitrogens with one attached hydrogen (secondary N) is 1. The molecule has 1 aromatic heterocycles. The van der Waals surface area contributed by atoms with Crippen LogP contribution in [0.15, 0.2) is 17.6 Å². The zero-order chi connectivity index (χ0) is 13.8. The molecule has 0 saturated carbocycles. The largest absolute Gasteiger partial charge is 0.385 e. The number of amides is 1. The number of halogens is 1. The second-order valence-corrected chi connectivity index (χ2v) is 5.29. The van der Waals surface area contributed by atoms with Crippen LogP contribution < -0.4 is 11.1 Å². The lowest BCUT2D eigenvalue weighted by atomic mass is 10.2. The Hall–Kier alpha value is -1.21. The maximum Gasteiger partial charge on any atom is 0.241 e. The third-order valence-electron chi connectivity index (χ3n) is 2.67. The lowest BCUT2D eigenvalue weighted by molar-refractivity contribution is -0.117. The molecule has 0 aliphatic heterocycles. The van der Waals surface area contributed by atoms with E-state index in [0.29, 0.717) is 29.3 Å². The van der Waals surface area contributed by atoms with Gasteiger partial charge in [0.2, 0.25) is 5.91 Å². The van der Waals surface area contributed by atoms with Crippen LogP contribution in [0.4, 0.5) is 5.69 Å². The van der Waals surface area contributed by atoms with Crippen molar-refractivity contribution >= 4 is 44.7 Å². The highest BCUT2D eigenvalue weighted by Crippen LogP contribution is 2.32. The fourth-order valence-corrected chi connectivity index (χ4v) is 2.50. The average Bonchev–Trinajstić information content (AvgIpc) is 2.87. The van der Waals surface area contributed by atoms with Gasteiger partial charge in [-0.1, -0.05) is 11.6 Å². The first-order valence-electron chi connectivity index (χ1n) is 5.70. The Morgan fingerprint density at radius 2 is 2.42 bits per heavy atom. The molecule has 19 heavy (non-hydrogen) atoms. The first-order chi connectivity index (χ1) is 9.13. The molecule has 1 aromatic carbocycles. The maximum absolute atomic E-state index is 12.0. The van der Waals surface area contributed by atoms with Crippen molar-refractivity contribution in [2.24, 2.45) is 5.73 Å². The molecular weight excluding hydrogens is 286 g/mol. The number of nitrogens with zero attached hydrogens (tertiary/aromatic N) is 1. The van der Waals surface area contributed by atoms with E-state index in [0.717, 1.165) is 4.70 Å². The molecule has 2 aromatic rings. The molecule has 2 rings (SSSR count). The third-order valence-corrected chi connectivity index (χ3v) is 3.78. The van der Waals surface area contributed by atoms with Gasteiger partial charge in [-0.15, -0.1) is 11.3 Å². The highest BCUT2D eigenvalue weighted by atomic mass is 35.5. The lowest BCUT2D eigenvalue weighted by Gasteiger charge is -2.13. The summed E-state index contributed by atoms with van der Waals surface area (Å²) in [5.41, 5.74) is 8.67. The van der Waals surface area contributed by atoms with Gasteiger partial charge in [0, 0.05) is 13.7 Å². The standard InChI is InChI=1S/C12H14ClN3O2S/c1-18-5-4-8(14)12(17)16-10-7(13)2-3-9-11(10)15-6-19-9/h2-3,6,8H,4-5,14H2,1H3,(H,16,17). The molecular formula is C12H14ClN3O2S. The summed E-state index contributed by atoms with van der Waals surface area (Å²) < 4.78 is 5.86. The number of rotatable bonds is 5. The number of carbonyl (C=O) groups excluding carboxylic acids is 1. The van der Waals surface area contributed by atoms with E-state index in [1.807, 2.05) is 6.07 Å². The SMILES string of the molecule is COCCC(N)C(=O)Nc1c(Cl)ccc2scnc12. The molecule has 1 amide bonds. The van der Waals surface area contributed by atoms with Gasteiger partial charge in [0.25, 0.3) is 0 Å². The number of fused-ring (bicyclic) bond motifs is 1. The van der Waals surface area contributed by atoms with Crippen LogP contribution in [-0.4, -0.2) is 30.6 Å². The smallest absolute Gasteiger partial charge is 0.241 e. The fraction of sp³-hybridized carbons (Fsp3) is 0.333. The van der Waals surface area contributed by atoms with E-state index in [1.165, 1.54) is 11.3 Å². The lowest BCUT2D eigenvalue weighted by Crippen LogP contribution is -2.36. The van der Waals surface area contributed by atoms with Crippen LogP contribution in [0.25, 0.3) is 10.2 Å². The van der Waals surface area contributed by atoms with Crippen molar-refractivity contribution in [3.63, 3.8) is 0 Å². The van der Waals surface area contributed by atoms with E-state index in [9.17, 15) is 4.79 Å². The van der Waals surface area contributed by atoms with E-state index in [2.05, 4.69) is 10.3 Å². The molecule has 0 spiro atoms. The molecule has 0 aliphatic rings. The second-order valence-electron chi connectivity index (χ2n) is 4.00. The number of benzene rings is 1. The number of anilines is 1. The van der Waals surface area contributed by atoms with Crippen molar-refractivity contribution in [3.8, 4) is 0 Å². The van der Waals surface area contributed by atoms with Crippen LogP contribution >= 0.6 is 22.9 Å². The van der Waals surface area contributed by atoms with E-state index < -0.39 is 6.04 Å². The number of hydrogen-bond acceptors (Lipinski definition) is 5. The van der Waals surface area contributed by atoms with E-state index >= 15 is 0 Å². The summed E-state index contributed by atoms with van der Waals surface area (Å²) in [6.45, 7) is 0.434. The number of aromatic nitrogens is 1. The number of ether oxygens (including phenoxy) is 1. The number of methoxy groups -OCH3 is 1. The van der Waals surface area contributed by atoms with Gasteiger partial charge in [0.1, 0.15) is 5.52 Å². The predicted octanol–water partition coefficient (Wildman–Crippen LogP) is 2.25. The first-order valence-corrected chi connectivity index (χ1v) is 6.96. The number of carbonyl (C=O) groups is 1. The van der Waals surface area contributed by atoms with Crippen molar-refractivity contribution < 1.29 is 9.53 Å². The summed E-state index contributed by atoms with van der Waals surface area (Å²) in [7, 11) is 1.57. The van der Waals surface area contributed by atoms with E-state index in [4.69, 9.17) is 22.1 Å². The Labute approximate surface area is 119 Å². The van der Waals surface area contributed by atoms with Crippen LogP contribution in [0.5, 0.6) is 0 Å². The van der Waals surface area contributed by atoms with Gasteiger partial charge in [0.05, 0.1) is 27.0 Å². The molecule has 0 aliphatic carbocycles. The molecule has 3 N–H and O–H groups in total. The summed E-state index contributed by atoms with van der Waals surface area (Å²) in [5.74, 6) is -0.292. The maximum atomic E-state index is 12.0. The summed E-state index contributed by atoms with van der Waals surface area (Å²) in [5, 5.41) is 3.19. The summed E-state index contributed by atoms with van der Waals surface area (Å²) in [4.78, 5) is 16.2. The first kappa shape index (κ1) is 14.2. The molecule has 0 saturated heterocycles. The molecule has 0 radical (unpaired) electrons. The van der Waals surface area contributed by atoms with Crippen LogP contribution in [-0.2, 0) is 9.53 Å². The van der Waals surface area contributed by atoms with Crippen molar-refractivity contribution in [3.05, 3.63) is 22.7 Å². The molecule has 7 heteroatoms. The minimum absolute atomic E-state index is 0.292. The van der Waals surface area contributed by atoms with Gasteiger partial charge in [0.15, 0.2) is 0 Å². The predicted molar refractivity (Wildman–Crippen MR) is 77.7 cm³/mol. The quantitative estimate of drug-likeness (QED) is 0.888. The number of thiazole rings is 1. The van der Waals surface area contributed by atoms with Gasteiger partial charge < -0.3 is 15.8 Å². The Bertz CT molecular complexity index is 587. The Morgan fingerprint density at radius 3 is 3.16 bits per heavy atom. The second kappa shape index (κ2) is 6.29. The number of nitrogens with two attached hydrogens (primary N) is 1. The highest BCUT2D eigenvalue weighted by molar-refractivity contribution is 7.16. The Morgan fingerprint density at radius 1 is 1.63 bits per heavy atom. The van der Waals surface area contributed by atoms with Crippen molar-refractivity contribution in [2.75, 3.05) is 19.0 Å². The average molecular weight is 300 g/mol. The minimum atomic E-state index is -0.634. The Balaban J connectivity index is 2.18. The zero-order valence-corrected chi connectivity index (χ0v) is 11.9. The molecule has 102 valence electrons. The van der Waals surface area contributed by atoms with Crippen LogP contribution in [0.2, 0.25) is 5.02 Å². The summed E-state index contributed by atoms with van der Waals surface area (Å²) in [6, 6.07) is 2.97. The third kappa shape index (κ3) is 3.22. The highest BCUT2D eigenvalue weighted by Gasteiger charge is 2.17. The number of hydrogen-bond donors (Lipinski definition) is 2. The van der Waals surface area contributed by atoms with E-state index in [1.54, 1.807) is 18.7 Å². The fourth-order valence-electron chi connectivity index (χ4n) is 1.62. The normalized spacial score (nSPS) is 12.6. The van der Waals surface area contributed by atoms with Crippen molar-refractivity contribution in [1.29, 1.82) is 0 Å². The van der Waals surface area contributed by atoms with Crippen molar-refractivity contribution in [2.45, 2.75) is 12.5 Å². The summed E-state index contributed by atoms with van der Waals surface area (Å²) in [6.07, 6.45) is 0.451. The van der Waals surface area contributed by atoms with Crippen LogP contribution in [0, 0.1) is 0 Å². The Kier molecular flexibility index (Phi) is 4.71. The van der Waals surface area contributed by atoms with Gasteiger partial charge in [-0.25, -0.2) is 4.98 Å². The van der Waals surface area contributed by atoms with Gasteiger partial charge in [-0.3, -0.25) is 4.79 Å². The topological polar surface area (TPSA) is 77.2 Å². The van der Waals surface area contributed by atoms with Crippen molar-refractivity contribution in [1.82, 2.24) is 4.98 Å². The molecule has 1 atom stereocenters. The van der Waals surface area contributed by atoms with E-state index in [-0.39, 0.29) is 5.91 Å². The minimum Gasteiger partial charge on any atom is -0.385 e. The van der Waals surface area contributed by atoms with Gasteiger partial charge in [-0.2, -0.15) is 0 Å². The summed E-state index contributed by atoms with van der Waals surface area (Å²) >= 11 is 7.58. The monoisotopic (exact) mass is 299 g/mol. The molecule has 0 fully saturated rings. The molecule has 5 nitrogen and oxygen atoms in total. The van der Waals surface area contributed by atoms with Crippen LogP contribution in [0.3, 0.4) is 0 Å². The van der Waals surface area contributed by atoms with Gasteiger partial charge >= 0.3 is 0 Å². The van der Waals surface area contributed by atoms with Crippen LogP contribution in [0.1, 0.15) is 6.42 Å².